The SMILES string of the molecule is C/C=C\c1cc(-c2cncc(Cl)c2)n(-c2ccc(Cl)cc2)c1CC.CC. The van der Waals surface area contributed by atoms with Gasteiger partial charge in [0.05, 0.1) is 10.7 Å². The van der Waals surface area contributed by atoms with Gasteiger partial charge in [-0.3, -0.25) is 4.98 Å². The predicted molar refractivity (Wildman–Crippen MR) is 114 cm³/mol. The zero-order chi connectivity index (χ0) is 19.1. The second-order valence-electron chi connectivity index (χ2n) is 5.49. The van der Waals surface area contributed by atoms with Crippen molar-refractivity contribution in [1.82, 2.24) is 9.55 Å². The Hall–Kier alpha value is -2.03. The van der Waals surface area contributed by atoms with E-state index in [1.165, 1.54) is 11.3 Å². The highest BCUT2D eigenvalue weighted by Crippen LogP contribution is 2.32. The molecule has 0 saturated heterocycles. The number of aromatic nitrogens is 2. The van der Waals surface area contributed by atoms with Crippen LogP contribution in [-0.4, -0.2) is 9.55 Å². The molecule has 0 radical (unpaired) electrons. The third kappa shape index (κ3) is 4.38. The number of halogens is 2. The molecule has 0 aliphatic heterocycles. The Morgan fingerprint density at radius 3 is 2.27 bits per heavy atom. The topological polar surface area (TPSA) is 17.8 Å². The summed E-state index contributed by atoms with van der Waals surface area (Å²) in [6.45, 7) is 8.19. The molecule has 26 heavy (non-hydrogen) atoms. The number of hydrogen-bond acceptors (Lipinski definition) is 1. The van der Waals surface area contributed by atoms with Crippen LogP contribution in [0.15, 0.2) is 54.9 Å². The molecule has 2 aromatic heterocycles. The summed E-state index contributed by atoms with van der Waals surface area (Å²) in [6, 6.07) is 12.0. The fraction of sp³-hybridized carbons (Fsp3) is 0.227. The van der Waals surface area contributed by atoms with Gasteiger partial charge in [-0.1, -0.05) is 56.1 Å². The summed E-state index contributed by atoms with van der Waals surface area (Å²) >= 11 is 12.2. The van der Waals surface area contributed by atoms with Crippen LogP contribution < -0.4 is 0 Å². The molecular weight excluding hydrogens is 363 g/mol. The lowest BCUT2D eigenvalue weighted by Crippen LogP contribution is -2.02. The summed E-state index contributed by atoms with van der Waals surface area (Å²) in [4.78, 5) is 4.24. The van der Waals surface area contributed by atoms with Gasteiger partial charge >= 0.3 is 0 Å². The molecular formula is C22H24Cl2N2. The minimum atomic E-state index is 0.627. The van der Waals surface area contributed by atoms with Gasteiger partial charge in [-0.25, -0.2) is 0 Å². The van der Waals surface area contributed by atoms with Crippen molar-refractivity contribution >= 4 is 29.3 Å². The molecule has 0 N–H and O–H groups in total. The molecule has 0 bridgehead atoms. The van der Waals surface area contributed by atoms with E-state index in [2.05, 4.69) is 34.7 Å². The Morgan fingerprint density at radius 2 is 1.69 bits per heavy atom. The fourth-order valence-electron chi connectivity index (χ4n) is 2.91. The van der Waals surface area contributed by atoms with Crippen LogP contribution in [0.25, 0.3) is 23.0 Å². The Kier molecular flexibility index (Phi) is 7.50. The molecule has 0 spiro atoms. The smallest absolute Gasteiger partial charge is 0.0596 e. The van der Waals surface area contributed by atoms with E-state index in [-0.39, 0.29) is 0 Å². The molecule has 1 aromatic carbocycles. The van der Waals surface area contributed by atoms with Crippen molar-refractivity contribution in [2.75, 3.05) is 0 Å². The minimum absolute atomic E-state index is 0.627. The van der Waals surface area contributed by atoms with E-state index in [0.717, 1.165) is 28.4 Å². The predicted octanol–water partition coefficient (Wildman–Crippen LogP) is 7.47. The number of pyridine rings is 1. The average molecular weight is 387 g/mol. The molecule has 0 amide bonds. The van der Waals surface area contributed by atoms with E-state index >= 15 is 0 Å². The zero-order valence-corrected chi connectivity index (χ0v) is 17.1. The van der Waals surface area contributed by atoms with Crippen LogP contribution in [-0.2, 0) is 6.42 Å². The van der Waals surface area contributed by atoms with Crippen LogP contribution in [0.5, 0.6) is 0 Å². The maximum absolute atomic E-state index is 6.15. The highest BCUT2D eigenvalue weighted by molar-refractivity contribution is 6.31. The van der Waals surface area contributed by atoms with Gasteiger partial charge in [0.25, 0.3) is 0 Å². The molecule has 2 nitrogen and oxygen atoms in total. The average Bonchev–Trinajstić information content (AvgIpc) is 3.03. The highest BCUT2D eigenvalue weighted by atomic mass is 35.5. The molecule has 4 heteroatoms. The molecule has 0 aliphatic carbocycles. The molecule has 0 saturated carbocycles. The van der Waals surface area contributed by atoms with E-state index in [0.29, 0.717) is 5.02 Å². The van der Waals surface area contributed by atoms with Crippen LogP contribution in [0.4, 0.5) is 0 Å². The molecule has 0 aliphatic rings. The normalized spacial score (nSPS) is 10.7. The minimum Gasteiger partial charge on any atom is -0.313 e. The maximum Gasteiger partial charge on any atom is 0.0596 e. The highest BCUT2D eigenvalue weighted by Gasteiger charge is 2.16. The van der Waals surface area contributed by atoms with Crippen molar-refractivity contribution < 1.29 is 0 Å². The third-order valence-corrected chi connectivity index (χ3v) is 4.36. The molecule has 3 aromatic rings. The van der Waals surface area contributed by atoms with Gasteiger partial charge < -0.3 is 4.57 Å². The van der Waals surface area contributed by atoms with Gasteiger partial charge in [0.1, 0.15) is 0 Å². The largest absolute Gasteiger partial charge is 0.313 e. The zero-order valence-electron chi connectivity index (χ0n) is 15.6. The molecule has 136 valence electrons. The maximum atomic E-state index is 6.15. The van der Waals surface area contributed by atoms with Gasteiger partial charge in [0, 0.05) is 34.4 Å². The number of rotatable bonds is 4. The van der Waals surface area contributed by atoms with E-state index < -0.39 is 0 Å². The van der Waals surface area contributed by atoms with Gasteiger partial charge in [-0.05, 0) is 55.3 Å². The van der Waals surface area contributed by atoms with Gasteiger partial charge in [0.2, 0.25) is 0 Å². The van der Waals surface area contributed by atoms with E-state index in [1.54, 1.807) is 6.20 Å². The summed E-state index contributed by atoms with van der Waals surface area (Å²) in [5.74, 6) is 0. The van der Waals surface area contributed by atoms with Crippen LogP contribution >= 0.6 is 23.2 Å². The first-order chi connectivity index (χ1) is 12.6. The van der Waals surface area contributed by atoms with E-state index in [9.17, 15) is 0 Å². The van der Waals surface area contributed by atoms with Gasteiger partial charge in [-0.15, -0.1) is 0 Å². The molecule has 0 unspecified atom stereocenters. The molecule has 2 heterocycles. The summed E-state index contributed by atoms with van der Waals surface area (Å²) in [6.07, 6.45) is 8.59. The molecule has 0 atom stereocenters. The Balaban J connectivity index is 0.00000117. The van der Waals surface area contributed by atoms with Crippen molar-refractivity contribution in [2.24, 2.45) is 0 Å². The monoisotopic (exact) mass is 386 g/mol. The van der Waals surface area contributed by atoms with E-state index in [1.807, 2.05) is 57.3 Å². The quantitative estimate of drug-likeness (QED) is 0.454. The lowest BCUT2D eigenvalue weighted by molar-refractivity contribution is 0.939. The lowest BCUT2D eigenvalue weighted by atomic mass is 10.1. The number of benzene rings is 1. The first-order valence-electron chi connectivity index (χ1n) is 8.88. The standard InChI is InChI=1S/C20H18Cl2N2.C2H6/c1-3-5-14-11-20(15-10-17(22)13-23-12-15)24(19(14)4-2)18-8-6-16(21)7-9-18;1-2/h3,5-13H,4H2,1-2H3;1-2H3/b5-3-;. The van der Waals surface area contributed by atoms with Gasteiger partial charge in [-0.2, -0.15) is 0 Å². The van der Waals surface area contributed by atoms with Crippen molar-refractivity contribution in [3.63, 3.8) is 0 Å². The van der Waals surface area contributed by atoms with Crippen LogP contribution in [0.1, 0.15) is 39.0 Å². The Bertz CT molecular complexity index is 878. The first kappa shape index (κ1) is 20.3. The van der Waals surface area contributed by atoms with Gasteiger partial charge in [0.15, 0.2) is 0 Å². The van der Waals surface area contributed by atoms with Crippen LogP contribution in [0.2, 0.25) is 10.0 Å². The molecule has 3 rings (SSSR count). The number of hydrogen-bond donors (Lipinski definition) is 0. The Labute approximate surface area is 166 Å². The number of allylic oxidation sites excluding steroid dienone is 1. The second kappa shape index (κ2) is 9.61. The second-order valence-corrected chi connectivity index (χ2v) is 6.36. The summed E-state index contributed by atoms with van der Waals surface area (Å²) in [5, 5.41) is 1.35. The number of nitrogens with zero attached hydrogens (tertiary/aromatic N) is 2. The third-order valence-electron chi connectivity index (χ3n) is 3.90. The summed E-state index contributed by atoms with van der Waals surface area (Å²) in [7, 11) is 0. The first-order valence-corrected chi connectivity index (χ1v) is 9.63. The van der Waals surface area contributed by atoms with Crippen molar-refractivity contribution in [1.29, 1.82) is 0 Å². The van der Waals surface area contributed by atoms with Crippen molar-refractivity contribution in [3.8, 4) is 16.9 Å². The lowest BCUT2D eigenvalue weighted by Gasteiger charge is -2.14. The van der Waals surface area contributed by atoms with Crippen LogP contribution in [0.3, 0.4) is 0 Å². The van der Waals surface area contributed by atoms with E-state index in [4.69, 9.17) is 23.2 Å². The molecule has 0 fully saturated rings. The Morgan fingerprint density at radius 1 is 1.00 bits per heavy atom. The summed E-state index contributed by atoms with van der Waals surface area (Å²) < 4.78 is 2.25. The fourth-order valence-corrected chi connectivity index (χ4v) is 3.21. The summed E-state index contributed by atoms with van der Waals surface area (Å²) in [5.41, 5.74) is 5.57. The van der Waals surface area contributed by atoms with Crippen molar-refractivity contribution in [3.05, 3.63) is 76.2 Å². The van der Waals surface area contributed by atoms with Crippen LogP contribution in [0, 0.1) is 0 Å². The van der Waals surface area contributed by atoms with Crippen molar-refractivity contribution in [2.45, 2.75) is 34.1 Å².